The molecule has 7 N–H and O–H groups in total. The second-order valence-electron chi connectivity index (χ2n) is 11.1. The number of Topliss-reactive ketones (excluding diaryl/α,β-unsaturated/α-hetero) is 2. The van der Waals surface area contributed by atoms with Crippen LogP contribution in [0.25, 0.3) is 5.76 Å². The minimum atomic E-state index is -2.79. The van der Waals surface area contributed by atoms with Crippen molar-refractivity contribution in [1.82, 2.24) is 4.90 Å². The Morgan fingerprint density at radius 1 is 1.18 bits per heavy atom. The highest BCUT2D eigenvalue weighted by Crippen LogP contribution is 2.54. The van der Waals surface area contributed by atoms with Crippen LogP contribution in [0.2, 0.25) is 0 Å². The molecule has 4 aliphatic rings. The molecule has 0 aromatic heterocycles. The summed E-state index contributed by atoms with van der Waals surface area (Å²) in [5.74, 6) is -9.51. The first-order chi connectivity index (χ1) is 17.6. The topological polar surface area (TPSA) is 190 Å². The summed E-state index contributed by atoms with van der Waals surface area (Å²) in [6.07, 6.45) is 0.917. The van der Waals surface area contributed by atoms with Gasteiger partial charge in [-0.05, 0) is 45.7 Å². The van der Waals surface area contributed by atoms with E-state index in [0.29, 0.717) is 12.8 Å². The average molecular weight is 530 g/mol. The van der Waals surface area contributed by atoms with Gasteiger partial charge in [0.1, 0.15) is 22.9 Å². The zero-order valence-electron chi connectivity index (χ0n) is 21.0. The van der Waals surface area contributed by atoms with Gasteiger partial charge in [-0.1, -0.05) is 6.92 Å². The summed E-state index contributed by atoms with van der Waals surface area (Å²) in [7, 11) is 2.98. The largest absolute Gasteiger partial charge is 0.508 e. The molecule has 0 spiro atoms. The molecule has 4 atom stereocenters. The molecule has 2 fully saturated rings. The molecule has 1 aromatic carbocycles. The van der Waals surface area contributed by atoms with Crippen molar-refractivity contribution in [1.29, 1.82) is 0 Å². The Kier molecular flexibility index (Phi) is 5.52. The van der Waals surface area contributed by atoms with Crippen molar-refractivity contribution in [3.63, 3.8) is 0 Å². The van der Waals surface area contributed by atoms with Gasteiger partial charge >= 0.3 is 0 Å². The van der Waals surface area contributed by atoms with Gasteiger partial charge in [0, 0.05) is 28.5 Å². The summed E-state index contributed by atoms with van der Waals surface area (Å²) in [6.45, 7) is 1.71. The molecule has 2 amide bonds. The van der Waals surface area contributed by atoms with Gasteiger partial charge in [0.2, 0.25) is 11.7 Å². The minimum absolute atomic E-state index is 0.108. The van der Waals surface area contributed by atoms with Crippen LogP contribution >= 0.6 is 0 Å². The Labute approximate surface area is 216 Å². The van der Waals surface area contributed by atoms with Gasteiger partial charge < -0.3 is 31.5 Å². The van der Waals surface area contributed by atoms with Crippen LogP contribution in [0.4, 0.5) is 10.1 Å². The zero-order valence-corrected chi connectivity index (χ0v) is 21.0. The lowest BCUT2D eigenvalue weighted by Gasteiger charge is -2.50. The van der Waals surface area contributed by atoms with Gasteiger partial charge in [-0.2, -0.15) is 0 Å². The van der Waals surface area contributed by atoms with Gasteiger partial charge in [-0.3, -0.25) is 24.1 Å². The van der Waals surface area contributed by atoms with Crippen molar-refractivity contribution in [3.05, 3.63) is 39.9 Å². The minimum Gasteiger partial charge on any atom is -0.508 e. The maximum absolute atomic E-state index is 15.3. The summed E-state index contributed by atoms with van der Waals surface area (Å²) in [4.78, 5) is 52.8. The number of phenols is 1. The van der Waals surface area contributed by atoms with Crippen LogP contribution < -0.4 is 11.1 Å². The molecule has 0 aliphatic heterocycles. The molecule has 1 aromatic rings. The number of aliphatic hydroxyl groups is 3. The number of nitrogens with one attached hydrogen (secondary N) is 1. The molecule has 0 bridgehead atoms. The van der Waals surface area contributed by atoms with E-state index >= 15 is 4.39 Å². The smallest absolute Gasteiger partial charge is 0.255 e. The van der Waals surface area contributed by atoms with E-state index < -0.39 is 92.1 Å². The summed E-state index contributed by atoms with van der Waals surface area (Å²) >= 11 is 0. The number of benzene rings is 1. The lowest BCUT2D eigenvalue weighted by atomic mass is 9.57. The van der Waals surface area contributed by atoms with Crippen LogP contribution in [0.5, 0.6) is 5.75 Å². The summed E-state index contributed by atoms with van der Waals surface area (Å²) in [5.41, 5.74) is -0.271. The van der Waals surface area contributed by atoms with Crippen LogP contribution in [0, 0.1) is 23.1 Å². The Morgan fingerprint density at radius 2 is 1.82 bits per heavy atom. The zero-order chi connectivity index (χ0) is 28.1. The lowest BCUT2D eigenvalue weighted by Crippen LogP contribution is -2.65. The van der Waals surface area contributed by atoms with E-state index in [2.05, 4.69) is 5.32 Å². The first-order valence-electron chi connectivity index (χ1n) is 12.2. The maximum atomic E-state index is 15.3. The monoisotopic (exact) mass is 529 g/mol. The number of carbonyl (C=O) groups is 4. The molecule has 5 rings (SSSR count). The predicted octanol–water partition coefficient (Wildman–Crippen LogP) is 0.842. The molecule has 0 saturated heterocycles. The van der Waals surface area contributed by atoms with Gasteiger partial charge in [0.15, 0.2) is 17.1 Å². The summed E-state index contributed by atoms with van der Waals surface area (Å²) in [5, 5.41) is 47.0. The molecule has 38 heavy (non-hydrogen) atoms. The Bertz CT molecular complexity index is 1410. The van der Waals surface area contributed by atoms with Crippen LogP contribution in [0.15, 0.2) is 23.0 Å². The highest BCUT2D eigenvalue weighted by Gasteiger charge is 2.64. The predicted molar refractivity (Wildman–Crippen MR) is 130 cm³/mol. The number of halogens is 1. The quantitative estimate of drug-likeness (QED) is 0.242. The van der Waals surface area contributed by atoms with Gasteiger partial charge in [0.25, 0.3) is 5.91 Å². The van der Waals surface area contributed by atoms with Crippen LogP contribution in [-0.2, 0) is 25.6 Å². The number of hydrogen-bond acceptors (Lipinski definition) is 9. The fraction of sp³-hybridized carbons (Fsp3) is 0.462. The molecule has 11 nitrogen and oxygen atoms in total. The molecular formula is C26H28FN3O8. The first-order valence-corrected chi connectivity index (χ1v) is 12.2. The van der Waals surface area contributed by atoms with Crippen molar-refractivity contribution in [2.24, 2.45) is 23.0 Å². The number of nitrogens with two attached hydrogens (primary N) is 1. The number of aromatic hydroxyl groups is 1. The number of aliphatic hydroxyl groups excluding tert-OH is 2. The second-order valence-corrected chi connectivity index (χ2v) is 11.1. The molecule has 2 saturated carbocycles. The second kappa shape index (κ2) is 8.11. The normalized spacial score (nSPS) is 29.6. The Hall–Kier alpha value is -3.77. The highest BCUT2D eigenvalue weighted by molar-refractivity contribution is 6.24. The number of amides is 2. The third kappa shape index (κ3) is 3.33. The van der Waals surface area contributed by atoms with E-state index in [4.69, 9.17) is 5.73 Å². The summed E-state index contributed by atoms with van der Waals surface area (Å²) in [6, 6.07) is -0.288. The van der Waals surface area contributed by atoms with Crippen LogP contribution in [0.1, 0.15) is 37.3 Å². The molecule has 0 heterocycles. The standard InChI is InChI=1S/C26H28FN3O8/c1-25(4-5-25)24(37)29-13-8-12(27)10-6-9-7-11-17(30(2)3)20(33)16(23(28)36)22(35)26(11,38)21(34)14(9)19(32)15(10)18(13)31/h8-9,11,17,31-32,35,38H,4-7H2,1-3H3,(H2,28,36)(H,29,37)/t9-,11-,17-,26-/m0/s1. The number of fused-ring (bicyclic) bond motifs is 3. The van der Waals surface area contributed by atoms with E-state index in [1.165, 1.54) is 19.0 Å². The van der Waals surface area contributed by atoms with E-state index in [-0.39, 0.29) is 24.1 Å². The average Bonchev–Trinajstić information content (AvgIpc) is 3.57. The number of primary amides is 1. The van der Waals surface area contributed by atoms with E-state index in [1.807, 2.05) is 0 Å². The molecule has 0 radical (unpaired) electrons. The number of phenolic OH excluding ortho intramolecular Hbond substituents is 1. The molecule has 12 heteroatoms. The van der Waals surface area contributed by atoms with Crippen molar-refractivity contribution in [2.45, 2.75) is 44.2 Å². The first kappa shape index (κ1) is 25.9. The van der Waals surface area contributed by atoms with Crippen molar-refractivity contribution >= 4 is 34.8 Å². The number of carbonyl (C=O) groups excluding carboxylic acids is 4. The molecule has 4 aliphatic carbocycles. The van der Waals surface area contributed by atoms with Gasteiger partial charge in [0.05, 0.1) is 17.3 Å². The van der Waals surface area contributed by atoms with Gasteiger partial charge in [-0.25, -0.2) is 4.39 Å². The number of ketones is 2. The number of anilines is 1. The maximum Gasteiger partial charge on any atom is 0.255 e. The van der Waals surface area contributed by atoms with E-state index in [1.54, 1.807) is 6.92 Å². The lowest BCUT2D eigenvalue weighted by molar-refractivity contribution is -0.153. The van der Waals surface area contributed by atoms with Crippen molar-refractivity contribution in [2.75, 3.05) is 19.4 Å². The number of likely N-dealkylation sites (N-methyl/N-ethyl adjacent to an activating group) is 1. The molecule has 202 valence electrons. The molecule has 0 unspecified atom stereocenters. The third-order valence-corrected chi connectivity index (χ3v) is 8.46. The third-order valence-electron chi connectivity index (χ3n) is 8.46. The number of rotatable bonds is 4. The highest BCUT2D eigenvalue weighted by atomic mass is 19.1. The molecular weight excluding hydrogens is 501 g/mol. The SMILES string of the molecule is CN(C)[C@@H]1C(=O)C(C(N)=O)=C(O)[C@@]2(O)C(=O)C3=C(O)c4c(O)c(NC(=O)C5(C)CC5)cc(F)c4C[C@H]3C[C@@H]12. The number of hydrogen-bond donors (Lipinski definition) is 6. The van der Waals surface area contributed by atoms with Gasteiger partial charge in [-0.15, -0.1) is 0 Å². The fourth-order valence-electron chi connectivity index (χ4n) is 6.05. The Morgan fingerprint density at radius 3 is 2.37 bits per heavy atom. The van der Waals surface area contributed by atoms with E-state index in [0.717, 1.165) is 6.07 Å². The summed E-state index contributed by atoms with van der Waals surface area (Å²) < 4.78 is 15.3. The number of nitrogens with zero attached hydrogens (tertiary/aromatic N) is 1. The van der Waals surface area contributed by atoms with Crippen molar-refractivity contribution in [3.8, 4) is 5.75 Å². The van der Waals surface area contributed by atoms with Crippen LogP contribution in [-0.4, -0.2) is 74.4 Å². The van der Waals surface area contributed by atoms with Crippen LogP contribution in [0.3, 0.4) is 0 Å². The Balaban J connectivity index is 1.67. The van der Waals surface area contributed by atoms with E-state index in [9.17, 15) is 39.6 Å². The fourth-order valence-corrected chi connectivity index (χ4v) is 6.05. The van der Waals surface area contributed by atoms with Crippen molar-refractivity contribution < 1.29 is 44.0 Å².